The molecule has 1 aromatic carbocycles. The zero-order valence-electron chi connectivity index (χ0n) is 13.3. The number of benzene rings is 1. The maximum absolute atomic E-state index is 12.3. The summed E-state index contributed by atoms with van der Waals surface area (Å²) in [5.74, 6) is -0.873. The van der Waals surface area contributed by atoms with Crippen molar-refractivity contribution >= 4 is 39.7 Å². The molecule has 0 spiro atoms. The van der Waals surface area contributed by atoms with Crippen LogP contribution in [-0.2, 0) is 0 Å². The number of ether oxygens (including phenoxy) is 1. The third-order valence-corrected chi connectivity index (χ3v) is 5.30. The highest BCUT2D eigenvalue weighted by atomic mass is 32.1. The molecule has 2 heterocycles. The number of thiophene rings is 1. The SMILES string of the molecule is COc1ccc(-c2nc(NC(=O)c3ccc(C(=O)O)s3)sc2C#N)cc1. The summed E-state index contributed by atoms with van der Waals surface area (Å²) in [4.78, 5) is 28.2. The number of aromatic nitrogens is 1. The Kier molecular flexibility index (Phi) is 4.97. The van der Waals surface area contributed by atoms with E-state index < -0.39 is 11.9 Å². The quantitative estimate of drug-likeness (QED) is 0.692. The van der Waals surface area contributed by atoms with Gasteiger partial charge in [-0.15, -0.1) is 11.3 Å². The number of methoxy groups -OCH3 is 1. The second-order valence-electron chi connectivity index (χ2n) is 4.96. The van der Waals surface area contributed by atoms with Crippen LogP contribution in [-0.4, -0.2) is 29.1 Å². The minimum atomic E-state index is -1.09. The van der Waals surface area contributed by atoms with Crippen molar-refractivity contribution < 1.29 is 19.4 Å². The Labute approximate surface area is 156 Å². The molecule has 0 saturated carbocycles. The molecule has 9 heteroatoms. The maximum Gasteiger partial charge on any atom is 0.345 e. The fraction of sp³-hybridized carbons (Fsp3) is 0.0588. The van der Waals surface area contributed by atoms with Gasteiger partial charge in [-0.2, -0.15) is 5.26 Å². The largest absolute Gasteiger partial charge is 0.497 e. The first kappa shape index (κ1) is 17.6. The van der Waals surface area contributed by atoms with Gasteiger partial charge < -0.3 is 9.84 Å². The first-order chi connectivity index (χ1) is 12.5. The van der Waals surface area contributed by atoms with E-state index in [4.69, 9.17) is 9.84 Å². The van der Waals surface area contributed by atoms with Crippen molar-refractivity contribution in [1.29, 1.82) is 5.26 Å². The Morgan fingerprint density at radius 2 is 1.85 bits per heavy atom. The standard InChI is InChI=1S/C17H11N3O4S2/c1-24-10-4-2-9(3-5-10)14-13(8-18)26-17(19-14)20-15(21)11-6-7-12(25-11)16(22)23/h2-7H,1H3,(H,22,23)(H,19,20,21). The summed E-state index contributed by atoms with van der Waals surface area (Å²) in [6, 6.07) is 11.9. The number of hydrogen-bond acceptors (Lipinski definition) is 7. The third kappa shape index (κ3) is 3.56. The molecule has 130 valence electrons. The second-order valence-corrected chi connectivity index (χ2v) is 7.04. The molecule has 26 heavy (non-hydrogen) atoms. The monoisotopic (exact) mass is 385 g/mol. The number of hydrogen-bond donors (Lipinski definition) is 2. The summed E-state index contributed by atoms with van der Waals surface area (Å²) in [5.41, 5.74) is 1.19. The van der Waals surface area contributed by atoms with E-state index in [2.05, 4.69) is 16.4 Å². The van der Waals surface area contributed by atoms with E-state index in [1.807, 2.05) is 0 Å². The zero-order chi connectivity index (χ0) is 18.7. The van der Waals surface area contributed by atoms with Crippen LogP contribution in [0.3, 0.4) is 0 Å². The van der Waals surface area contributed by atoms with Gasteiger partial charge in [0.2, 0.25) is 0 Å². The lowest BCUT2D eigenvalue weighted by molar-refractivity contribution is 0.0702. The second kappa shape index (κ2) is 7.35. The minimum absolute atomic E-state index is 0.0749. The van der Waals surface area contributed by atoms with Gasteiger partial charge in [0, 0.05) is 5.56 Å². The summed E-state index contributed by atoms with van der Waals surface area (Å²) >= 11 is 1.93. The molecule has 0 radical (unpaired) electrons. The number of carbonyl (C=O) groups excluding carboxylic acids is 1. The number of nitrogens with one attached hydrogen (secondary N) is 1. The lowest BCUT2D eigenvalue weighted by Gasteiger charge is -2.01. The van der Waals surface area contributed by atoms with Gasteiger partial charge in [-0.05, 0) is 36.4 Å². The predicted molar refractivity (Wildman–Crippen MR) is 98.0 cm³/mol. The van der Waals surface area contributed by atoms with E-state index in [0.717, 1.165) is 28.2 Å². The van der Waals surface area contributed by atoms with Crippen LogP contribution in [0, 0.1) is 11.3 Å². The van der Waals surface area contributed by atoms with Crippen LogP contribution in [0.1, 0.15) is 24.2 Å². The van der Waals surface area contributed by atoms with Crippen molar-refractivity contribution in [1.82, 2.24) is 4.98 Å². The molecule has 3 rings (SSSR count). The Morgan fingerprint density at radius 3 is 2.42 bits per heavy atom. The zero-order valence-corrected chi connectivity index (χ0v) is 15.0. The lowest BCUT2D eigenvalue weighted by Crippen LogP contribution is -2.09. The van der Waals surface area contributed by atoms with Crippen molar-refractivity contribution in [2.24, 2.45) is 0 Å². The first-order valence-electron chi connectivity index (χ1n) is 7.21. The van der Waals surface area contributed by atoms with E-state index in [1.54, 1.807) is 31.4 Å². The van der Waals surface area contributed by atoms with Crippen LogP contribution < -0.4 is 10.1 Å². The summed E-state index contributed by atoms with van der Waals surface area (Å²) < 4.78 is 5.11. The van der Waals surface area contributed by atoms with E-state index in [0.29, 0.717) is 16.3 Å². The fourth-order valence-electron chi connectivity index (χ4n) is 2.13. The van der Waals surface area contributed by atoms with Gasteiger partial charge in [0.05, 0.1) is 12.0 Å². The topological polar surface area (TPSA) is 112 Å². The van der Waals surface area contributed by atoms with E-state index >= 15 is 0 Å². The van der Waals surface area contributed by atoms with Crippen LogP contribution >= 0.6 is 22.7 Å². The molecular weight excluding hydrogens is 374 g/mol. The average Bonchev–Trinajstić information content (AvgIpc) is 3.29. The molecule has 2 aromatic heterocycles. The minimum Gasteiger partial charge on any atom is -0.497 e. The summed E-state index contributed by atoms with van der Waals surface area (Å²) in [7, 11) is 1.56. The number of thiazole rings is 1. The Bertz CT molecular complexity index is 1020. The van der Waals surface area contributed by atoms with Crippen molar-refractivity contribution in [2.45, 2.75) is 0 Å². The van der Waals surface area contributed by atoms with Crippen molar-refractivity contribution in [3.8, 4) is 23.1 Å². The average molecular weight is 385 g/mol. The van der Waals surface area contributed by atoms with Gasteiger partial charge in [0.25, 0.3) is 5.91 Å². The fourth-order valence-corrected chi connectivity index (χ4v) is 3.65. The highest BCUT2D eigenvalue weighted by molar-refractivity contribution is 7.17. The smallest absolute Gasteiger partial charge is 0.345 e. The molecule has 0 fully saturated rings. The molecule has 0 aliphatic carbocycles. The van der Waals surface area contributed by atoms with Crippen LogP contribution in [0.5, 0.6) is 5.75 Å². The van der Waals surface area contributed by atoms with Crippen LogP contribution in [0.15, 0.2) is 36.4 Å². The number of rotatable bonds is 5. The van der Waals surface area contributed by atoms with Crippen LogP contribution in [0.25, 0.3) is 11.3 Å². The molecule has 0 atom stereocenters. The number of aromatic carboxylic acids is 1. The lowest BCUT2D eigenvalue weighted by atomic mass is 10.1. The normalized spacial score (nSPS) is 10.2. The van der Waals surface area contributed by atoms with Crippen molar-refractivity contribution in [3.05, 3.63) is 51.0 Å². The van der Waals surface area contributed by atoms with Gasteiger partial charge in [0.15, 0.2) is 5.13 Å². The maximum atomic E-state index is 12.3. The Morgan fingerprint density at radius 1 is 1.15 bits per heavy atom. The first-order valence-corrected chi connectivity index (χ1v) is 8.85. The summed E-state index contributed by atoms with van der Waals surface area (Å²) in [6.07, 6.45) is 0. The number of nitrogens with zero attached hydrogens (tertiary/aromatic N) is 2. The number of carboxylic acids is 1. The number of anilines is 1. The van der Waals surface area contributed by atoms with Gasteiger partial charge in [-0.1, -0.05) is 11.3 Å². The van der Waals surface area contributed by atoms with Crippen LogP contribution in [0.4, 0.5) is 5.13 Å². The molecule has 0 unspecified atom stereocenters. The van der Waals surface area contributed by atoms with Crippen molar-refractivity contribution in [2.75, 3.05) is 12.4 Å². The highest BCUT2D eigenvalue weighted by Crippen LogP contribution is 2.32. The van der Waals surface area contributed by atoms with E-state index in [1.165, 1.54) is 12.1 Å². The number of amides is 1. The molecule has 0 saturated heterocycles. The molecule has 0 bridgehead atoms. The van der Waals surface area contributed by atoms with Gasteiger partial charge >= 0.3 is 5.97 Å². The molecule has 7 nitrogen and oxygen atoms in total. The van der Waals surface area contributed by atoms with Gasteiger partial charge in [-0.25, -0.2) is 9.78 Å². The summed E-state index contributed by atoms with van der Waals surface area (Å²) in [5, 5.41) is 21.1. The Balaban J connectivity index is 1.84. The molecular formula is C17H11N3O4S2. The molecule has 0 aliphatic heterocycles. The van der Waals surface area contributed by atoms with Crippen molar-refractivity contribution in [3.63, 3.8) is 0 Å². The molecule has 2 N–H and O–H groups in total. The highest BCUT2D eigenvalue weighted by Gasteiger charge is 2.17. The van der Waals surface area contributed by atoms with Gasteiger partial charge in [-0.3, -0.25) is 10.1 Å². The molecule has 1 amide bonds. The molecule has 3 aromatic rings. The van der Waals surface area contributed by atoms with E-state index in [9.17, 15) is 14.9 Å². The summed E-state index contributed by atoms with van der Waals surface area (Å²) in [6.45, 7) is 0. The number of carbonyl (C=O) groups is 2. The number of carboxylic acid groups (broad SMARTS) is 1. The molecule has 0 aliphatic rings. The number of nitriles is 1. The predicted octanol–water partition coefficient (Wildman–Crippen LogP) is 3.70. The third-order valence-electron chi connectivity index (χ3n) is 3.35. The van der Waals surface area contributed by atoms with Gasteiger partial charge in [0.1, 0.15) is 27.3 Å². The van der Waals surface area contributed by atoms with E-state index in [-0.39, 0.29) is 14.9 Å². The Hall–Kier alpha value is -3.22. The van der Waals surface area contributed by atoms with Crippen LogP contribution in [0.2, 0.25) is 0 Å².